The Balaban J connectivity index is 2.11. The van der Waals surface area contributed by atoms with E-state index in [4.69, 9.17) is 4.74 Å². The Kier molecular flexibility index (Phi) is 2.88. The van der Waals surface area contributed by atoms with Crippen LogP contribution < -0.4 is 0 Å². The standard InChI is InChI=1S/C15H14O.Cr/c1-16-10-14-12-7-8-13(9-12)15(14)11-5-3-2-4-6-11;/h2-8,12-13H,9H2,1H3;/t12-,13+;/m0./s1. The van der Waals surface area contributed by atoms with Crippen molar-refractivity contribution in [2.45, 2.75) is 6.42 Å². The first kappa shape index (κ1) is 11.2. The molecule has 1 aromatic rings. The molecule has 2 atom stereocenters. The molecule has 2 aliphatic rings. The van der Waals surface area contributed by atoms with Crippen molar-refractivity contribution in [3.8, 4) is 0 Å². The summed E-state index contributed by atoms with van der Waals surface area (Å²) in [6.07, 6.45) is 5.84. The topological polar surface area (TPSA) is 9.23 Å². The van der Waals surface area contributed by atoms with E-state index < -0.39 is 0 Å². The van der Waals surface area contributed by atoms with Gasteiger partial charge in [-0.3, -0.25) is 0 Å². The molecule has 0 fully saturated rings. The minimum atomic E-state index is 0.534. The van der Waals surface area contributed by atoms with Crippen LogP contribution in [-0.4, -0.2) is 11.7 Å². The first-order valence-corrected chi connectivity index (χ1v) is 6.51. The molecule has 0 heterocycles. The zero-order valence-corrected chi connectivity index (χ0v) is 11.0. The number of rotatable bonds is 3. The van der Waals surface area contributed by atoms with Gasteiger partial charge in [-0.05, 0) is 0 Å². The van der Waals surface area contributed by atoms with Crippen LogP contribution in [0.2, 0.25) is 0 Å². The molecule has 0 amide bonds. The zero-order chi connectivity index (χ0) is 11.8. The third kappa shape index (κ3) is 1.77. The van der Waals surface area contributed by atoms with E-state index in [1.807, 2.05) is 0 Å². The second-order valence-electron chi connectivity index (χ2n) is 4.52. The van der Waals surface area contributed by atoms with Gasteiger partial charge in [0.25, 0.3) is 0 Å². The molecule has 0 saturated carbocycles. The summed E-state index contributed by atoms with van der Waals surface area (Å²) in [5, 5.41) is 0. The summed E-state index contributed by atoms with van der Waals surface area (Å²) in [5.74, 6) is 1.10. The number of fused-ring (bicyclic) bond motifs is 2. The van der Waals surface area contributed by atoms with Crippen LogP contribution >= 0.6 is 0 Å². The van der Waals surface area contributed by atoms with Crippen LogP contribution in [0.5, 0.6) is 0 Å². The first-order valence-electron chi connectivity index (χ1n) is 5.87. The fourth-order valence-electron chi connectivity index (χ4n) is 2.89. The molecule has 86 valence electrons. The van der Waals surface area contributed by atoms with Crippen LogP contribution in [0.3, 0.4) is 0 Å². The van der Waals surface area contributed by atoms with Crippen molar-refractivity contribution >= 4 is 10.1 Å². The fraction of sp³-hybridized carbons (Fsp3) is 0.267. The average Bonchev–Trinajstić information content (AvgIpc) is 2.99. The van der Waals surface area contributed by atoms with Gasteiger partial charge in [-0.25, -0.2) is 0 Å². The summed E-state index contributed by atoms with van der Waals surface area (Å²) in [6, 6.07) is 10.6. The maximum absolute atomic E-state index is 5.41. The van der Waals surface area contributed by atoms with E-state index in [0.29, 0.717) is 11.8 Å². The Morgan fingerprint density at radius 2 is 1.88 bits per heavy atom. The Morgan fingerprint density at radius 3 is 2.59 bits per heavy atom. The number of hydrogen-bond donors (Lipinski definition) is 0. The third-order valence-corrected chi connectivity index (χ3v) is 4.21. The zero-order valence-electron chi connectivity index (χ0n) is 9.72. The van der Waals surface area contributed by atoms with Crippen molar-refractivity contribution in [3.63, 3.8) is 0 Å². The molecular weight excluding hydrogens is 248 g/mol. The van der Waals surface area contributed by atoms with E-state index in [9.17, 15) is 0 Å². The van der Waals surface area contributed by atoms with E-state index in [1.165, 1.54) is 23.1 Å². The number of methoxy groups -OCH3 is 1. The maximum atomic E-state index is 5.41. The summed E-state index contributed by atoms with van der Waals surface area (Å²) >= 11 is 3.06. The van der Waals surface area contributed by atoms with Crippen LogP contribution in [0, 0.1) is 11.8 Å². The van der Waals surface area contributed by atoms with E-state index in [0.717, 1.165) is 4.57 Å². The third-order valence-electron chi connectivity index (χ3n) is 3.61. The molecule has 0 unspecified atom stereocenters. The molecule has 0 N–H and O–H groups in total. The predicted octanol–water partition coefficient (Wildman–Crippen LogP) is 2.97. The monoisotopic (exact) mass is 262 g/mol. The Labute approximate surface area is 110 Å². The average molecular weight is 262 g/mol. The second-order valence-corrected chi connectivity index (χ2v) is 5.10. The van der Waals surface area contributed by atoms with Gasteiger partial charge in [0, 0.05) is 0 Å². The molecule has 17 heavy (non-hydrogen) atoms. The van der Waals surface area contributed by atoms with Gasteiger partial charge in [0.15, 0.2) is 0 Å². The quantitative estimate of drug-likeness (QED) is 0.761. The van der Waals surface area contributed by atoms with Crippen LogP contribution in [0.15, 0.2) is 48.1 Å². The fourth-order valence-corrected chi connectivity index (χ4v) is 3.29. The molecular formula is C15H14CrO. The Hall–Kier alpha value is -0.938. The molecule has 0 saturated heterocycles. The number of hydrogen-bond acceptors (Lipinski definition) is 1. The minimum absolute atomic E-state index is 0.534. The van der Waals surface area contributed by atoms with Crippen LogP contribution in [0.1, 0.15) is 12.0 Å². The van der Waals surface area contributed by atoms with Crippen molar-refractivity contribution < 1.29 is 20.6 Å². The molecule has 2 aliphatic carbocycles. The van der Waals surface area contributed by atoms with E-state index in [-0.39, 0.29) is 0 Å². The van der Waals surface area contributed by atoms with Gasteiger partial charge in [-0.15, -0.1) is 0 Å². The van der Waals surface area contributed by atoms with E-state index in [2.05, 4.69) is 58.3 Å². The number of ether oxygens (including phenoxy) is 1. The van der Waals surface area contributed by atoms with Crippen LogP contribution in [0.4, 0.5) is 0 Å². The molecule has 2 heteroatoms. The van der Waals surface area contributed by atoms with E-state index >= 15 is 0 Å². The van der Waals surface area contributed by atoms with Gasteiger partial charge in [0.1, 0.15) is 0 Å². The van der Waals surface area contributed by atoms with Gasteiger partial charge in [0.05, 0.1) is 0 Å². The number of allylic oxidation sites excluding steroid dienone is 3. The van der Waals surface area contributed by atoms with Gasteiger partial charge >= 0.3 is 110 Å². The van der Waals surface area contributed by atoms with Crippen LogP contribution in [-0.2, 0) is 20.6 Å². The molecule has 1 aromatic carbocycles. The van der Waals surface area contributed by atoms with E-state index in [1.54, 1.807) is 7.11 Å². The van der Waals surface area contributed by atoms with Crippen molar-refractivity contribution in [1.29, 1.82) is 0 Å². The summed E-state index contributed by atoms with van der Waals surface area (Å²) in [7, 11) is 1.73. The van der Waals surface area contributed by atoms with Crippen LogP contribution in [0.25, 0.3) is 5.57 Å². The second kappa shape index (κ2) is 4.39. The summed E-state index contributed by atoms with van der Waals surface area (Å²) in [6.45, 7) is 0. The van der Waals surface area contributed by atoms with Crippen molar-refractivity contribution in [2.75, 3.05) is 7.11 Å². The van der Waals surface area contributed by atoms with Crippen molar-refractivity contribution in [3.05, 3.63) is 53.6 Å². The van der Waals surface area contributed by atoms with Gasteiger partial charge < -0.3 is 0 Å². The molecule has 2 bridgehead atoms. The van der Waals surface area contributed by atoms with Gasteiger partial charge in [-0.2, -0.15) is 0 Å². The van der Waals surface area contributed by atoms with Gasteiger partial charge in [-0.1, -0.05) is 0 Å². The molecule has 1 nitrogen and oxygen atoms in total. The summed E-state index contributed by atoms with van der Waals surface area (Å²) < 4.78 is 6.35. The van der Waals surface area contributed by atoms with Crippen molar-refractivity contribution in [2.24, 2.45) is 11.8 Å². The van der Waals surface area contributed by atoms with Crippen molar-refractivity contribution in [1.82, 2.24) is 0 Å². The molecule has 3 rings (SSSR count). The summed E-state index contributed by atoms with van der Waals surface area (Å²) in [5.41, 5.74) is 4.11. The number of benzene rings is 1. The first-order chi connectivity index (χ1) is 8.31. The summed E-state index contributed by atoms with van der Waals surface area (Å²) in [4.78, 5) is 0. The Bertz CT molecular complexity index is 513. The SMILES string of the molecule is CO[C](=[Cr])C1=C(c2ccccc2)[C@@H]2C=C[C@H]1C2. The molecule has 0 aliphatic heterocycles. The molecule has 0 spiro atoms. The molecule has 0 radical (unpaired) electrons. The Morgan fingerprint density at radius 1 is 1.18 bits per heavy atom. The van der Waals surface area contributed by atoms with Gasteiger partial charge in [0.2, 0.25) is 0 Å². The normalized spacial score (nSPS) is 25.7. The molecule has 0 aromatic heterocycles. The predicted molar refractivity (Wildman–Crippen MR) is 66.1 cm³/mol.